The number of benzene rings is 1. The van der Waals surface area contributed by atoms with E-state index in [2.05, 4.69) is 4.74 Å². The van der Waals surface area contributed by atoms with Crippen molar-refractivity contribution in [2.45, 2.75) is 56.9 Å². The van der Waals surface area contributed by atoms with Crippen molar-refractivity contribution in [1.82, 2.24) is 4.90 Å². The van der Waals surface area contributed by atoms with Crippen LogP contribution in [0.3, 0.4) is 0 Å². The molecule has 0 amide bonds. The first-order valence-electron chi connectivity index (χ1n) is 7.89. The van der Waals surface area contributed by atoms with E-state index < -0.39 is 30.9 Å². The van der Waals surface area contributed by atoms with Crippen molar-refractivity contribution < 1.29 is 36.2 Å². The summed E-state index contributed by atoms with van der Waals surface area (Å²) in [6, 6.07) is 5.13. The molecule has 1 aliphatic carbocycles. The average molecular weight is 371 g/mol. The van der Waals surface area contributed by atoms with Crippen LogP contribution in [-0.4, -0.2) is 41.2 Å². The molecule has 142 valence electrons. The number of halogens is 6. The molecule has 1 fully saturated rings. The van der Waals surface area contributed by atoms with Gasteiger partial charge in [0, 0.05) is 24.7 Å². The minimum Gasteiger partial charge on any atom is -0.405 e. The first-order chi connectivity index (χ1) is 11.6. The third kappa shape index (κ3) is 6.07. The minimum atomic E-state index is -4.89. The van der Waals surface area contributed by atoms with Crippen LogP contribution in [0.1, 0.15) is 31.2 Å². The Bertz CT molecular complexity index is 554. The lowest BCUT2D eigenvalue weighted by Crippen LogP contribution is -2.44. The Hall–Kier alpha value is -1.48. The van der Waals surface area contributed by atoms with Gasteiger partial charge in [-0.1, -0.05) is 31.0 Å². The van der Waals surface area contributed by atoms with E-state index >= 15 is 0 Å². The smallest absolute Gasteiger partial charge is 0.405 e. The van der Waals surface area contributed by atoms with Gasteiger partial charge in [-0.05, 0) is 18.9 Å². The van der Waals surface area contributed by atoms with Crippen LogP contribution in [0.4, 0.5) is 26.3 Å². The Morgan fingerprint density at radius 1 is 1.08 bits per heavy atom. The van der Waals surface area contributed by atoms with E-state index in [0.29, 0.717) is 12.8 Å². The molecule has 0 saturated heterocycles. The van der Waals surface area contributed by atoms with Gasteiger partial charge in [0.2, 0.25) is 0 Å². The average Bonchev–Trinajstić information content (AvgIpc) is 3.00. The lowest BCUT2D eigenvalue weighted by atomic mass is 10.1. The fraction of sp³-hybridized carbons (Fsp3) is 0.625. The van der Waals surface area contributed by atoms with Crippen LogP contribution in [0.5, 0.6) is 5.75 Å². The second-order valence-electron chi connectivity index (χ2n) is 6.08. The fourth-order valence-corrected chi connectivity index (χ4v) is 3.02. The van der Waals surface area contributed by atoms with Gasteiger partial charge in [0.1, 0.15) is 5.75 Å². The lowest BCUT2D eigenvalue weighted by Gasteiger charge is -2.32. The number of aliphatic hydroxyl groups is 1. The Morgan fingerprint density at radius 2 is 1.68 bits per heavy atom. The Morgan fingerprint density at radius 3 is 2.24 bits per heavy atom. The van der Waals surface area contributed by atoms with Gasteiger partial charge in [0.15, 0.2) is 6.10 Å². The van der Waals surface area contributed by atoms with E-state index in [1.54, 1.807) is 0 Å². The summed E-state index contributed by atoms with van der Waals surface area (Å²) in [6.07, 6.45) is -9.25. The zero-order valence-electron chi connectivity index (χ0n) is 13.3. The number of rotatable bonds is 6. The number of hydrogen-bond acceptors (Lipinski definition) is 3. The molecule has 9 heteroatoms. The number of hydrogen-bond donors (Lipinski definition) is 1. The van der Waals surface area contributed by atoms with Gasteiger partial charge in [0.05, 0.1) is 0 Å². The molecule has 0 bridgehead atoms. The van der Waals surface area contributed by atoms with E-state index in [1.807, 2.05) is 0 Å². The van der Waals surface area contributed by atoms with Crippen molar-refractivity contribution in [1.29, 1.82) is 0 Å². The molecule has 2 rings (SSSR count). The standard InChI is InChI=1S/C16H19F6NO2/c17-15(18,19)14(24)10-23(12-6-2-3-7-12)9-11-5-1-4-8-13(11)25-16(20,21)22/h1,4-5,8,12,14,24H,2-3,6-7,9-10H2. The minimum absolute atomic E-state index is 0.126. The quantitative estimate of drug-likeness (QED) is 0.759. The van der Waals surface area contributed by atoms with Crippen molar-refractivity contribution in [2.75, 3.05) is 6.54 Å². The van der Waals surface area contributed by atoms with Gasteiger partial charge in [-0.3, -0.25) is 4.90 Å². The third-order valence-electron chi connectivity index (χ3n) is 4.20. The first-order valence-corrected chi connectivity index (χ1v) is 7.89. The molecule has 0 aliphatic heterocycles. The summed E-state index contributed by atoms with van der Waals surface area (Å²) >= 11 is 0. The summed E-state index contributed by atoms with van der Waals surface area (Å²) in [5.74, 6) is -0.445. The summed E-state index contributed by atoms with van der Waals surface area (Å²) in [6.45, 7) is -0.849. The molecule has 1 unspecified atom stereocenters. The summed E-state index contributed by atoms with van der Waals surface area (Å²) in [5.41, 5.74) is 0.126. The normalized spacial score (nSPS) is 17.9. The van der Waals surface area contributed by atoms with Crippen molar-refractivity contribution >= 4 is 0 Å². The predicted octanol–water partition coefficient (Wildman–Crippen LogP) is 4.25. The molecule has 0 spiro atoms. The number of alkyl halides is 6. The highest BCUT2D eigenvalue weighted by atomic mass is 19.4. The highest BCUT2D eigenvalue weighted by Crippen LogP contribution is 2.31. The second kappa shape index (κ2) is 7.82. The lowest BCUT2D eigenvalue weighted by molar-refractivity contribution is -0.275. The van der Waals surface area contributed by atoms with E-state index in [0.717, 1.165) is 18.9 Å². The first kappa shape index (κ1) is 19.8. The Kier molecular flexibility index (Phi) is 6.21. The molecule has 1 atom stereocenters. The number of para-hydroxylation sites is 1. The number of aliphatic hydroxyl groups excluding tert-OH is 1. The van der Waals surface area contributed by atoms with Crippen molar-refractivity contribution in [3.8, 4) is 5.75 Å². The van der Waals surface area contributed by atoms with Crippen molar-refractivity contribution in [3.63, 3.8) is 0 Å². The van der Waals surface area contributed by atoms with Gasteiger partial charge in [-0.2, -0.15) is 13.2 Å². The topological polar surface area (TPSA) is 32.7 Å². The molecule has 3 nitrogen and oxygen atoms in total. The van der Waals surface area contributed by atoms with Crippen LogP contribution in [-0.2, 0) is 6.54 Å². The molecule has 1 aromatic carbocycles. The fourth-order valence-electron chi connectivity index (χ4n) is 3.02. The molecule has 1 N–H and O–H groups in total. The number of nitrogens with zero attached hydrogens (tertiary/aromatic N) is 1. The van der Waals surface area contributed by atoms with E-state index in [1.165, 1.54) is 23.1 Å². The molecule has 0 heterocycles. The largest absolute Gasteiger partial charge is 0.573 e. The van der Waals surface area contributed by atoms with Gasteiger partial charge in [-0.15, -0.1) is 13.2 Å². The zero-order valence-corrected chi connectivity index (χ0v) is 13.3. The van der Waals surface area contributed by atoms with Crippen molar-refractivity contribution in [3.05, 3.63) is 29.8 Å². The van der Waals surface area contributed by atoms with E-state index in [-0.39, 0.29) is 18.2 Å². The van der Waals surface area contributed by atoms with Crippen LogP contribution in [0, 0.1) is 0 Å². The van der Waals surface area contributed by atoms with Gasteiger partial charge >= 0.3 is 12.5 Å². The van der Waals surface area contributed by atoms with Crippen LogP contribution in [0.2, 0.25) is 0 Å². The monoisotopic (exact) mass is 371 g/mol. The van der Waals surface area contributed by atoms with E-state index in [4.69, 9.17) is 0 Å². The predicted molar refractivity (Wildman–Crippen MR) is 77.9 cm³/mol. The molecular weight excluding hydrogens is 352 g/mol. The highest BCUT2D eigenvalue weighted by molar-refractivity contribution is 5.33. The summed E-state index contributed by atoms with van der Waals surface area (Å²) < 4.78 is 79.5. The molecule has 0 aromatic heterocycles. The summed E-state index contributed by atoms with van der Waals surface area (Å²) in [7, 11) is 0. The molecule has 1 aliphatic rings. The Labute approximate surface area is 141 Å². The van der Waals surface area contributed by atoms with Crippen LogP contribution in [0.15, 0.2) is 24.3 Å². The second-order valence-corrected chi connectivity index (χ2v) is 6.08. The maximum absolute atomic E-state index is 12.7. The zero-order chi connectivity index (χ0) is 18.7. The SMILES string of the molecule is OC(CN(Cc1ccccc1OC(F)(F)F)C1CCCC1)C(F)(F)F. The van der Waals surface area contributed by atoms with Crippen LogP contribution in [0.25, 0.3) is 0 Å². The summed E-state index contributed by atoms with van der Waals surface area (Å²) in [4.78, 5) is 1.39. The van der Waals surface area contributed by atoms with Crippen LogP contribution >= 0.6 is 0 Å². The van der Waals surface area contributed by atoms with Gasteiger partial charge < -0.3 is 9.84 Å². The molecule has 0 radical (unpaired) electrons. The maximum atomic E-state index is 12.7. The van der Waals surface area contributed by atoms with E-state index in [9.17, 15) is 31.4 Å². The van der Waals surface area contributed by atoms with Crippen LogP contribution < -0.4 is 4.74 Å². The number of ether oxygens (including phenoxy) is 1. The van der Waals surface area contributed by atoms with Gasteiger partial charge in [-0.25, -0.2) is 0 Å². The Balaban J connectivity index is 2.19. The van der Waals surface area contributed by atoms with Gasteiger partial charge in [0.25, 0.3) is 0 Å². The third-order valence-corrected chi connectivity index (χ3v) is 4.20. The molecule has 25 heavy (non-hydrogen) atoms. The maximum Gasteiger partial charge on any atom is 0.573 e. The highest BCUT2D eigenvalue weighted by Gasteiger charge is 2.40. The summed E-state index contributed by atoms with van der Waals surface area (Å²) in [5, 5.41) is 9.37. The molecule has 1 aromatic rings. The molecular formula is C16H19F6NO2. The van der Waals surface area contributed by atoms with Crippen molar-refractivity contribution in [2.24, 2.45) is 0 Å². The molecule has 1 saturated carbocycles.